The maximum Gasteiger partial charge on any atom is 0.156 e. The van der Waals surface area contributed by atoms with Crippen LogP contribution in [0.1, 0.15) is 31.9 Å². The average Bonchev–Trinajstić information content (AvgIpc) is 2.17. The molecule has 0 radical (unpaired) electrons. The second-order valence-electron chi connectivity index (χ2n) is 4.65. The lowest BCUT2D eigenvalue weighted by atomic mass is 9.94. The van der Waals surface area contributed by atoms with Crippen molar-refractivity contribution in [1.29, 1.82) is 0 Å². The molecule has 0 aliphatic heterocycles. The van der Waals surface area contributed by atoms with Crippen molar-refractivity contribution in [3.05, 3.63) is 35.4 Å². The Bertz CT molecular complexity index is 318. The molecule has 1 N–H and O–H groups in total. The molecule has 1 rings (SSSR count). The van der Waals surface area contributed by atoms with Crippen LogP contribution in [0.5, 0.6) is 0 Å². The number of halogens is 1. The molecule has 0 saturated carbocycles. The normalized spacial score (nSPS) is 15.3. The molecule has 0 saturated heterocycles. The van der Waals surface area contributed by atoms with E-state index in [0.29, 0.717) is 11.5 Å². The third-order valence-corrected chi connectivity index (χ3v) is 2.47. The van der Waals surface area contributed by atoms with Gasteiger partial charge in [0.25, 0.3) is 0 Å². The first-order valence-electron chi connectivity index (χ1n) is 5.35. The summed E-state index contributed by atoms with van der Waals surface area (Å²) in [5, 5.41) is 8.95. The van der Waals surface area contributed by atoms with Gasteiger partial charge in [0.05, 0.1) is 6.61 Å². The summed E-state index contributed by atoms with van der Waals surface area (Å²) in [5.74, 6) is 0.556. The SMILES string of the molecule is CC(C)Cc1cccc(C(C)(F)CO)c1. The second-order valence-corrected chi connectivity index (χ2v) is 4.65. The van der Waals surface area contributed by atoms with Gasteiger partial charge in [0, 0.05) is 0 Å². The van der Waals surface area contributed by atoms with Gasteiger partial charge in [-0.2, -0.15) is 0 Å². The third kappa shape index (κ3) is 3.31. The molecular weight excluding hydrogens is 191 g/mol. The summed E-state index contributed by atoms with van der Waals surface area (Å²) in [6, 6.07) is 7.41. The van der Waals surface area contributed by atoms with Crippen molar-refractivity contribution >= 4 is 0 Å². The van der Waals surface area contributed by atoms with Crippen LogP contribution < -0.4 is 0 Å². The Morgan fingerprint density at radius 2 is 2.07 bits per heavy atom. The molecule has 1 nitrogen and oxygen atoms in total. The van der Waals surface area contributed by atoms with Crippen LogP contribution in [-0.4, -0.2) is 11.7 Å². The van der Waals surface area contributed by atoms with Gasteiger partial charge in [0.15, 0.2) is 5.67 Å². The Morgan fingerprint density at radius 1 is 1.40 bits per heavy atom. The molecule has 0 bridgehead atoms. The fraction of sp³-hybridized carbons (Fsp3) is 0.538. The maximum atomic E-state index is 13.8. The number of rotatable bonds is 4. The molecule has 0 aliphatic carbocycles. The van der Waals surface area contributed by atoms with E-state index in [-0.39, 0.29) is 0 Å². The first kappa shape index (κ1) is 12.2. The number of alkyl halides is 1. The lowest BCUT2D eigenvalue weighted by Gasteiger charge is -2.18. The predicted molar refractivity (Wildman–Crippen MR) is 60.5 cm³/mol. The molecule has 1 unspecified atom stereocenters. The van der Waals surface area contributed by atoms with Gasteiger partial charge in [-0.3, -0.25) is 0 Å². The van der Waals surface area contributed by atoms with Gasteiger partial charge in [0.2, 0.25) is 0 Å². The molecule has 84 valence electrons. The highest BCUT2D eigenvalue weighted by Gasteiger charge is 2.24. The van der Waals surface area contributed by atoms with Crippen LogP contribution in [0, 0.1) is 5.92 Å². The summed E-state index contributed by atoms with van der Waals surface area (Å²) < 4.78 is 13.8. The number of hydrogen-bond acceptors (Lipinski definition) is 1. The fourth-order valence-electron chi connectivity index (χ4n) is 1.59. The molecule has 0 amide bonds. The number of benzene rings is 1. The molecule has 2 heteroatoms. The Labute approximate surface area is 90.9 Å². The first-order chi connectivity index (χ1) is 6.95. The van der Waals surface area contributed by atoms with E-state index in [1.165, 1.54) is 6.92 Å². The van der Waals surface area contributed by atoms with Crippen molar-refractivity contribution in [2.24, 2.45) is 5.92 Å². The minimum Gasteiger partial charge on any atom is -0.393 e. The standard InChI is InChI=1S/C13H19FO/c1-10(2)7-11-5-4-6-12(8-11)13(3,14)9-15/h4-6,8,10,15H,7,9H2,1-3H3. The van der Waals surface area contributed by atoms with E-state index in [9.17, 15) is 4.39 Å². The van der Waals surface area contributed by atoms with E-state index in [4.69, 9.17) is 5.11 Å². The third-order valence-electron chi connectivity index (χ3n) is 2.47. The van der Waals surface area contributed by atoms with Crippen molar-refractivity contribution in [2.45, 2.75) is 32.9 Å². The summed E-state index contributed by atoms with van der Waals surface area (Å²) >= 11 is 0. The van der Waals surface area contributed by atoms with E-state index >= 15 is 0 Å². The molecule has 15 heavy (non-hydrogen) atoms. The maximum absolute atomic E-state index is 13.8. The van der Waals surface area contributed by atoms with Gasteiger partial charge in [-0.15, -0.1) is 0 Å². The highest BCUT2D eigenvalue weighted by Crippen LogP contribution is 2.25. The zero-order chi connectivity index (χ0) is 11.5. The summed E-state index contributed by atoms with van der Waals surface area (Å²) in [7, 11) is 0. The molecule has 0 heterocycles. The topological polar surface area (TPSA) is 20.2 Å². The van der Waals surface area contributed by atoms with Crippen LogP contribution in [0.3, 0.4) is 0 Å². The smallest absolute Gasteiger partial charge is 0.156 e. The summed E-state index contributed by atoms with van der Waals surface area (Å²) in [6.45, 7) is 5.19. The predicted octanol–water partition coefficient (Wildman–Crippen LogP) is 3.06. The zero-order valence-electron chi connectivity index (χ0n) is 9.63. The molecule has 1 aromatic rings. The Hall–Kier alpha value is -0.890. The fourth-order valence-corrected chi connectivity index (χ4v) is 1.59. The van der Waals surface area contributed by atoms with Crippen LogP contribution in [0.25, 0.3) is 0 Å². The van der Waals surface area contributed by atoms with E-state index < -0.39 is 12.3 Å². The van der Waals surface area contributed by atoms with E-state index in [1.54, 1.807) is 6.07 Å². The van der Waals surface area contributed by atoms with Crippen molar-refractivity contribution in [1.82, 2.24) is 0 Å². The van der Waals surface area contributed by atoms with Crippen LogP contribution in [0.2, 0.25) is 0 Å². The van der Waals surface area contributed by atoms with E-state index in [2.05, 4.69) is 13.8 Å². The summed E-state index contributed by atoms with van der Waals surface area (Å²) in [4.78, 5) is 0. The molecular formula is C13H19FO. The number of aliphatic hydroxyl groups excluding tert-OH is 1. The number of aliphatic hydroxyl groups is 1. The lowest BCUT2D eigenvalue weighted by Crippen LogP contribution is -2.20. The van der Waals surface area contributed by atoms with Crippen LogP contribution in [-0.2, 0) is 12.1 Å². The minimum absolute atomic E-state index is 0.474. The Morgan fingerprint density at radius 3 is 2.60 bits per heavy atom. The van der Waals surface area contributed by atoms with Crippen LogP contribution in [0.4, 0.5) is 4.39 Å². The van der Waals surface area contributed by atoms with Crippen molar-refractivity contribution in [3.8, 4) is 0 Å². The lowest BCUT2D eigenvalue weighted by molar-refractivity contribution is 0.0867. The van der Waals surface area contributed by atoms with Gasteiger partial charge in [-0.05, 0) is 30.4 Å². The van der Waals surface area contributed by atoms with Crippen molar-refractivity contribution in [2.75, 3.05) is 6.61 Å². The molecule has 0 aliphatic rings. The Balaban J connectivity index is 2.92. The molecule has 0 aromatic heterocycles. The van der Waals surface area contributed by atoms with Crippen molar-refractivity contribution < 1.29 is 9.50 Å². The molecule has 0 spiro atoms. The highest BCUT2D eigenvalue weighted by molar-refractivity contribution is 5.28. The molecule has 1 aromatic carbocycles. The van der Waals surface area contributed by atoms with Crippen molar-refractivity contribution in [3.63, 3.8) is 0 Å². The molecule has 0 fully saturated rings. The summed E-state index contributed by atoms with van der Waals surface area (Å²) in [5.41, 5.74) is 0.0514. The van der Waals surface area contributed by atoms with Crippen LogP contribution >= 0.6 is 0 Å². The molecule has 1 atom stereocenters. The minimum atomic E-state index is -1.63. The van der Waals surface area contributed by atoms with Crippen LogP contribution in [0.15, 0.2) is 24.3 Å². The Kier molecular flexibility index (Phi) is 3.86. The van der Waals surface area contributed by atoms with Gasteiger partial charge in [-0.25, -0.2) is 4.39 Å². The average molecular weight is 210 g/mol. The van der Waals surface area contributed by atoms with Gasteiger partial charge in [-0.1, -0.05) is 38.1 Å². The summed E-state index contributed by atoms with van der Waals surface area (Å²) in [6.07, 6.45) is 0.940. The quantitative estimate of drug-likeness (QED) is 0.809. The van der Waals surface area contributed by atoms with E-state index in [1.807, 2.05) is 18.2 Å². The zero-order valence-corrected chi connectivity index (χ0v) is 9.63. The monoisotopic (exact) mass is 210 g/mol. The first-order valence-corrected chi connectivity index (χ1v) is 5.35. The van der Waals surface area contributed by atoms with Gasteiger partial charge < -0.3 is 5.11 Å². The van der Waals surface area contributed by atoms with E-state index in [0.717, 1.165) is 12.0 Å². The van der Waals surface area contributed by atoms with Gasteiger partial charge in [0.1, 0.15) is 0 Å². The second kappa shape index (κ2) is 4.75. The highest BCUT2D eigenvalue weighted by atomic mass is 19.1. The van der Waals surface area contributed by atoms with Gasteiger partial charge >= 0.3 is 0 Å². The number of hydrogen-bond donors (Lipinski definition) is 1. The largest absolute Gasteiger partial charge is 0.393 e.